The molecule has 4 rings (SSSR count). The molecule has 4 nitrogen and oxygen atoms in total. The molecule has 0 saturated carbocycles. The predicted octanol–water partition coefficient (Wildman–Crippen LogP) is 4.93. The van der Waals surface area contributed by atoms with Crippen LogP contribution in [0, 0.1) is 0 Å². The van der Waals surface area contributed by atoms with Crippen molar-refractivity contribution in [2.75, 3.05) is 27.2 Å². The fraction of sp³-hybridized carbons (Fsp3) is 0.200. The third-order valence-corrected chi connectivity index (χ3v) is 3.87. The molecule has 0 N–H and O–H groups in total. The standard InChI is InChI=1S/C16H10N2.C4H10N2.Pt/c1-3-12-7-5-11-6-8-13-4-2-10-18-16(13)14(11)15(12)17-9-1;1-5-3-4-6-2;/h1-10H;3-4H2,1-2H3;/q;-2;+2. The quantitative estimate of drug-likeness (QED) is 0.290. The largest absolute Gasteiger partial charge is 2.00 e. The van der Waals surface area contributed by atoms with E-state index in [0.717, 1.165) is 40.3 Å². The Morgan fingerprint density at radius 3 is 1.56 bits per heavy atom. The number of hydrogen-bond acceptors (Lipinski definition) is 2. The van der Waals surface area contributed by atoms with E-state index in [9.17, 15) is 0 Å². The van der Waals surface area contributed by atoms with Crippen LogP contribution in [0.15, 0.2) is 60.9 Å². The molecular formula is C20H20N4Pt. The van der Waals surface area contributed by atoms with Gasteiger partial charge in [0.1, 0.15) is 0 Å². The van der Waals surface area contributed by atoms with Crippen molar-refractivity contribution in [2.24, 2.45) is 0 Å². The third kappa shape index (κ3) is 4.40. The average molecular weight is 511 g/mol. The molecule has 0 aliphatic heterocycles. The molecule has 0 unspecified atom stereocenters. The summed E-state index contributed by atoms with van der Waals surface area (Å²) in [6.07, 6.45) is 3.67. The fourth-order valence-corrected chi connectivity index (χ4v) is 2.69. The van der Waals surface area contributed by atoms with E-state index in [2.05, 4.69) is 57.0 Å². The molecule has 2 aromatic carbocycles. The van der Waals surface area contributed by atoms with Crippen molar-refractivity contribution in [1.82, 2.24) is 9.97 Å². The summed E-state index contributed by atoms with van der Waals surface area (Å²) in [4.78, 5) is 9.04. The fourth-order valence-electron chi connectivity index (χ4n) is 2.69. The Balaban J connectivity index is 0.000000283. The maximum atomic E-state index is 4.52. The number of pyridine rings is 2. The van der Waals surface area contributed by atoms with E-state index in [1.807, 2.05) is 24.5 Å². The van der Waals surface area contributed by atoms with Crippen molar-refractivity contribution in [1.29, 1.82) is 0 Å². The summed E-state index contributed by atoms with van der Waals surface area (Å²) in [7, 11) is 3.59. The Hall–Kier alpha value is -1.87. The van der Waals surface area contributed by atoms with Crippen LogP contribution in [0.5, 0.6) is 0 Å². The van der Waals surface area contributed by atoms with Crippen LogP contribution in [0.25, 0.3) is 43.2 Å². The molecule has 0 aliphatic carbocycles. The van der Waals surface area contributed by atoms with Crippen LogP contribution in [0.3, 0.4) is 0 Å². The minimum atomic E-state index is 0. The number of fused-ring (bicyclic) bond motifs is 5. The summed E-state index contributed by atoms with van der Waals surface area (Å²) >= 11 is 0. The summed E-state index contributed by atoms with van der Waals surface area (Å²) in [6, 6.07) is 16.6. The molecule has 0 fully saturated rings. The molecular weight excluding hydrogens is 491 g/mol. The smallest absolute Gasteiger partial charge is 0.666 e. The van der Waals surface area contributed by atoms with Gasteiger partial charge in [-0.1, -0.05) is 36.4 Å². The van der Waals surface area contributed by atoms with Gasteiger partial charge >= 0.3 is 21.1 Å². The third-order valence-electron chi connectivity index (χ3n) is 3.87. The minimum Gasteiger partial charge on any atom is -0.666 e. The molecule has 0 spiro atoms. The van der Waals surface area contributed by atoms with Gasteiger partial charge in [-0.2, -0.15) is 27.2 Å². The van der Waals surface area contributed by atoms with E-state index in [-0.39, 0.29) is 21.1 Å². The first-order valence-electron chi connectivity index (χ1n) is 7.97. The van der Waals surface area contributed by atoms with Crippen LogP contribution in [-0.2, 0) is 21.1 Å². The SMILES string of the molecule is C[N-]CC[N-]C.[Pt+2].c1cnc2c(c1)ccc1ccc3cccnc3c12. The van der Waals surface area contributed by atoms with E-state index in [0.29, 0.717) is 0 Å². The first-order valence-corrected chi connectivity index (χ1v) is 7.97. The van der Waals surface area contributed by atoms with Crippen LogP contribution in [-0.4, -0.2) is 37.2 Å². The Kier molecular flexibility index (Phi) is 7.45. The monoisotopic (exact) mass is 511 g/mol. The Morgan fingerprint density at radius 2 is 1.12 bits per heavy atom. The van der Waals surface area contributed by atoms with E-state index in [4.69, 9.17) is 0 Å². The summed E-state index contributed by atoms with van der Waals surface area (Å²) in [6.45, 7) is 1.74. The van der Waals surface area contributed by atoms with E-state index in [1.165, 1.54) is 5.39 Å². The van der Waals surface area contributed by atoms with Crippen LogP contribution in [0.1, 0.15) is 0 Å². The predicted molar refractivity (Wildman–Crippen MR) is 103 cm³/mol. The number of nitrogens with zero attached hydrogens (tertiary/aromatic N) is 4. The molecule has 0 amide bonds. The van der Waals surface area contributed by atoms with Gasteiger partial charge in [-0.05, 0) is 17.5 Å². The first-order chi connectivity index (χ1) is 11.8. The summed E-state index contributed by atoms with van der Waals surface area (Å²) in [5.74, 6) is 0. The molecule has 0 bridgehead atoms. The molecule has 2 aromatic heterocycles. The van der Waals surface area contributed by atoms with Gasteiger partial charge in [-0.15, -0.1) is 0 Å². The number of likely N-dealkylation sites (N-methyl/N-ethyl adjacent to an activating group) is 2. The van der Waals surface area contributed by atoms with Gasteiger partial charge in [0, 0.05) is 28.6 Å². The number of benzene rings is 2. The van der Waals surface area contributed by atoms with Gasteiger partial charge in [-0.25, -0.2) is 0 Å². The summed E-state index contributed by atoms with van der Waals surface area (Å²) < 4.78 is 0. The molecule has 0 atom stereocenters. The molecule has 0 aliphatic rings. The average Bonchev–Trinajstić information content (AvgIpc) is 2.66. The van der Waals surface area contributed by atoms with Crippen molar-refractivity contribution < 1.29 is 21.1 Å². The second-order valence-electron chi connectivity index (χ2n) is 5.46. The van der Waals surface area contributed by atoms with Gasteiger partial charge in [0.25, 0.3) is 0 Å². The zero-order chi connectivity index (χ0) is 16.8. The van der Waals surface area contributed by atoms with Crippen molar-refractivity contribution in [3.63, 3.8) is 0 Å². The topological polar surface area (TPSA) is 54.0 Å². The number of rotatable bonds is 3. The van der Waals surface area contributed by atoms with E-state index < -0.39 is 0 Å². The zero-order valence-corrected chi connectivity index (χ0v) is 16.6. The van der Waals surface area contributed by atoms with Crippen LogP contribution in [0.4, 0.5) is 0 Å². The molecule has 0 saturated heterocycles. The molecule has 4 aromatic rings. The molecule has 5 heteroatoms. The van der Waals surface area contributed by atoms with Gasteiger partial charge in [0.15, 0.2) is 0 Å². The summed E-state index contributed by atoms with van der Waals surface area (Å²) in [5, 5.41) is 12.3. The van der Waals surface area contributed by atoms with Gasteiger partial charge in [-0.3, -0.25) is 9.97 Å². The van der Waals surface area contributed by atoms with Crippen LogP contribution >= 0.6 is 0 Å². The maximum absolute atomic E-state index is 4.52. The second kappa shape index (κ2) is 9.57. The Morgan fingerprint density at radius 1 is 0.680 bits per heavy atom. The maximum Gasteiger partial charge on any atom is 2.00 e. The number of aromatic nitrogens is 2. The van der Waals surface area contributed by atoms with Gasteiger partial charge in [0.05, 0.1) is 11.0 Å². The Bertz CT molecular complexity index is 881. The van der Waals surface area contributed by atoms with Crippen molar-refractivity contribution in [2.45, 2.75) is 0 Å². The van der Waals surface area contributed by atoms with Crippen molar-refractivity contribution >= 4 is 32.6 Å². The van der Waals surface area contributed by atoms with Gasteiger partial charge < -0.3 is 10.6 Å². The van der Waals surface area contributed by atoms with Crippen molar-refractivity contribution in [3.05, 3.63) is 71.6 Å². The second-order valence-corrected chi connectivity index (χ2v) is 5.46. The first kappa shape index (κ1) is 19.5. The molecule has 0 radical (unpaired) electrons. The van der Waals surface area contributed by atoms with Crippen molar-refractivity contribution in [3.8, 4) is 0 Å². The van der Waals surface area contributed by atoms with E-state index in [1.54, 1.807) is 14.1 Å². The Labute approximate surface area is 162 Å². The molecule has 2 heterocycles. The van der Waals surface area contributed by atoms with E-state index >= 15 is 0 Å². The number of hydrogen-bond donors (Lipinski definition) is 0. The zero-order valence-electron chi connectivity index (χ0n) is 14.3. The minimum absolute atomic E-state index is 0. The molecule has 130 valence electrons. The molecule has 25 heavy (non-hydrogen) atoms. The van der Waals surface area contributed by atoms with Gasteiger partial charge in [0.2, 0.25) is 0 Å². The summed E-state index contributed by atoms with van der Waals surface area (Å²) in [5.41, 5.74) is 2.05. The normalized spacial score (nSPS) is 10.3. The van der Waals surface area contributed by atoms with Crippen LogP contribution in [0.2, 0.25) is 0 Å². The van der Waals surface area contributed by atoms with Crippen LogP contribution < -0.4 is 0 Å².